The number of nitrogens with zero attached hydrogens (tertiary/aromatic N) is 2. The Kier molecular flexibility index (Phi) is 5.95. The number of anilines is 1. The fourth-order valence-corrected chi connectivity index (χ4v) is 5.34. The molecule has 0 radical (unpaired) electrons. The number of carbonyl (C=O) groups is 1. The largest absolute Gasteiger partial charge is 0.379 e. The van der Waals surface area contributed by atoms with E-state index in [-0.39, 0.29) is 39.5 Å². The highest BCUT2D eigenvalue weighted by atomic mass is 35.5. The van der Waals surface area contributed by atoms with E-state index in [1.165, 1.54) is 22.5 Å². The molecule has 10 heteroatoms. The van der Waals surface area contributed by atoms with Crippen LogP contribution in [0.25, 0.3) is 10.8 Å². The highest BCUT2D eigenvalue weighted by molar-refractivity contribution is 7.89. The summed E-state index contributed by atoms with van der Waals surface area (Å²) >= 11 is 12.4. The number of hydrogen-bond donors (Lipinski definition) is 1. The average Bonchev–Trinajstić information content (AvgIpc) is 2.75. The monoisotopic (exact) mass is 465 g/mol. The van der Waals surface area contributed by atoms with Crippen molar-refractivity contribution in [3.63, 3.8) is 0 Å². The summed E-state index contributed by atoms with van der Waals surface area (Å²) in [7, 11) is -3.82. The van der Waals surface area contributed by atoms with Crippen LogP contribution in [-0.4, -0.2) is 49.9 Å². The number of pyridine rings is 1. The van der Waals surface area contributed by atoms with E-state index < -0.39 is 15.9 Å². The Labute approximate surface area is 183 Å². The maximum absolute atomic E-state index is 13.0. The lowest BCUT2D eigenvalue weighted by atomic mass is 10.1. The van der Waals surface area contributed by atoms with E-state index in [0.717, 1.165) is 10.8 Å². The van der Waals surface area contributed by atoms with Gasteiger partial charge in [0, 0.05) is 24.2 Å². The van der Waals surface area contributed by atoms with Gasteiger partial charge < -0.3 is 10.1 Å². The lowest BCUT2D eigenvalue weighted by molar-refractivity contribution is 0.0730. The van der Waals surface area contributed by atoms with Crippen LogP contribution < -0.4 is 5.32 Å². The summed E-state index contributed by atoms with van der Waals surface area (Å²) in [5.41, 5.74) is 0.397. The van der Waals surface area contributed by atoms with Gasteiger partial charge in [0.05, 0.1) is 18.2 Å². The van der Waals surface area contributed by atoms with Crippen LogP contribution in [0.4, 0.5) is 5.69 Å². The summed E-state index contributed by atoms with van der Waals surface area (Å²) in [6, 6.07) is 13.2. The van der Waals surface area contributed by atoms with Gasteiger partial charge in [-0.15, -0.1) is 0 Å². The van der Waals surface area contributed by atoms with Crippen LogP contribution in [0.1, 0.15) is 10.5 Å². The summed E-state index contributed by atoms with van der Waals surface area (Å²) < 4.78 is 32.4. The van der Waals surface area contributed by atoms with Gasteiger partial charge in [0.2, 0.25) is 10.0 Å². The number of nitrogens with one attached hydrogen (secondary N) is 1. The van der Waals surface area contributed by atoms with Crippen molar-refractivity contribution in [1.82, 2.24) is 9.29 Å². The maximum atomic E-state index is 13.0. The molecule has 1 aliphatic rings. The van der Waals surface area contributed by atoms with Crippen molar-refractivity contribution in [2.45, 2.75) is 4.90 Å². The minimum Gasteiger partial charge on any atom is -0.379 e. The summed E-state index contributed by atoms with van der Waals surface area (Å²) in [6.07, 6.45) is 0. The van der Waals surface area contributed by atoms with Crippen molar-refractivity contribution in [2.75, 3.05) is 31.6 Å². The molecule has 30 heavy (non-hydrogen) atoms. The molecule has 7 nitrogen and oxygen atoms in total. The standard InChI is InChI=1S/C20H17Cl2N3O4S/c21-16-6-5-14(12-18(16)30(27,28)25-7-9-29-10-8-25)23-20(26)17-11-13-3-1-2-4-15(13)19(22)24-17/h1-6,11-12H,7-10H2,(H,23,26). The number of sulfonamides is 1. The molecule has 2 heterocycles. The first kappa shape index (κ1) is 21.0. The number of amides is 1. The predicted octanol–water partition coefficient (Wildman–Crippen LogP) is 3.81. The number of benzene rings is 2. The van der Waals surface area contributed by atoms with E-state index in [1.807, 2.05) is 24.3 Å². The van der Waals surface area contributed by atoms with E-state index in [2.05, 4.69) is 10.3 Å². The number of morpholine rings is 1. The Morgan fingerprint density at radius 1 is 1.07 bits per heavy atom. The van der Waals surface area contributed by atoms with Gasteiger partial charge in [0.15, 0.2) is 0 Å². The summed E-state index contributed by atoms with van der Waals surface area (Å²) in [4.78, 5) is 16.8. The Balaban J connectivity index is 1.63. The van der Waals surface area contributed by atoms with Crippen molar-refractivity contribution in [1.29, 1.82) is 0 Å². The van der Waals surface area contributed by atoms with Crippen LogP contribution in [0.15, 0.2) is 53.4 Å². The Morgan fingerprint density at radius 3 is 2.57 bits per heavy atom. The van der Waals surface area contributed by atoms with Crippen LogP contribution in [0.3, 0.4) is 0 Å². The molecule has 0 aliphatic carbocycles. The molecule has 3 aromatic rings. The molecule has 1 amide bonds. The van der Waals surface area contributed by atoms with Crippen molar-refractivity contribution < 1.29 is 17.9 Å². The minimum atomic E-state index is -3.82. The van der Waals surface area contributed by atoms with Crippen molar-refractivity contribution in [3.05, 3.63) is 64.4 Å². The fraction of sp³-hybridized carbons (Fsp3) is 0.200. The number of aromatic nitrogens is 1. The second kappa shape index (κ2) is 8.49. The molecule has 2 aromatic carbocycles. The molecule has 0 saturated carbocycles. The van der Waals surface area contributed by atoms with Gasteiger partial charge >= 0.3 is 0 Å². The normalized spacial score (nSPS) is 15.3. The van der Waals surface area contributed by atoms with Gasteiger partial charge in [0.1, 0.15) is 15.7 Å². The lowest BCUT2D eigenvalue weighted by Crippen LogP contribution is -2.40. The fourth-order valence-electron chi connectivity index (χ4n) is 3.17. The van der Waals surface area contributed by atoms with Crippen LogP contribution in [0, 0.1) is 0 Å². The smallest absolute Gasteiger partial charge is 0.274 e. The zero-order valence-electron chi connectivity index (χ0n) is 15.6. The number of fused-ring (bicyclic) bond motifs is 1. The van der Waals surface area contributed by atoms with E-state index in [1.54, 1.807) is 6.07 Å². The Morgan fingerprint density at radius 2 is 1.80 bits per heavy atom. The van der Waals surface area contributed by atoms with Gasteiger partial charge in [-0.25, -0.2) is 13.4 Å². The highest BCUT2D eigenvalue weighted by Crippen LogP contribution is 2.29. The summed E-state index contributed by atoms with van der Waals surface area (Å²) in [5.74, 6) is -0.514. The van der Waals surface area contributed by atoms with Gasteiger partial charge in [0.25, 0.3) is 5.91 Å². The number of carbonyl (C=O) groups excluding carboxylic acids is 1. The Bertz CT molecular complexity index is 1230. The SMILES string of the molecule is O=C(Nc1ccc(Cl)c(S(=O)(=O)N2CCOCC2)c1)c1cc2ccccc2c(Cl)n1. The van der Waals surface area contributed by atoms with Crippen LogP contribution in [-0.2, 0) is 14.8 Å². The molecule has 1 aromatic heterocycles. The van der Waals surface area contributed by atoms with E-state index in [4.69, 9.17) is 27.9 Å². The van der Waals surface area contributed by atoms with Crippen LogP contribution >= 0.6 is 23.2 Å². The number of rotatable bonds is 4. The third-order valence-corrected chi connectivity index (χ3v) is 7.37. The third kappa shape index (κ3) is 4.14. The van der Waals surface area contributed by atoms with Crippen LogP contribution in [0.5, 0.6) is 0 Å². The molecule has 1 fully saturated rings. The third-order valence-electron chi connectivity index (χ3n) is 4.70. The second-order valence-electron chi connectivity index (χ2n) is 6.64. The molecule has 1 saturated heterocycles. The minimum absolute atomic E-state index is 0.0753. The molecular formula is C20H17Cl2N3O4S. The molecular weight excluding hydrogens is 449 g/mol. The highest BCUT2D eigenvalue weighted by Gasteiger charge is 2.28. The first-order chi connectivity index (χ1) is 14.4. The molecule has 0 atom stereocenters. The molecule has 4 rings (SSSR count). The molecule has 1 N–H and O–H groups in total. The number of ether oxygens (including phenoxy) is 1. The van der Waals surface area contributed by atoms with Crippen molar-refractivity contribution >= 4 is 55.6 Å². The quantitative estimate of drug-likeness (QED) is 0.591. The first-order valence-corrected chi connectivity index (χ1v) is 11.3. The maximum Gasteiger partial charge on any atom is 0.274 e. The zero-order valence-corrected chi connectivity index (χ0v) is 18.0. The zero-order chi connectivity index (χ0) is 21.3. The first-order valence-electron chi connectivity index (χ1n) is 9.10. The molecule has 0 unspecified atom stereocenters. The van der Waals surface area contributed by atoms with E-state index in [9.17, 15) is 13.2 Å². The van der Waals surface area contributed by atoms with E-state index in [0.29, 0.717) is 13.2 Å². The van der Waals surface area contributed by atoms with Crippen molar-refractivity contribution in [3.8, 4) is 0 Å². The molecule has 0 spiro atoms. The lowest BCUT2D eigenvalue weighted by Gasteiger charge is -2.26. The van der Waals surface area contributed by atoms with Gasteiger partial charge in [-0.3, -0.25) is 4.79 Å². The number of hydrogen-bond acceptors (Lipinski definition) is 5. The topological polar surface area (TPSA) is 88.6 Å². The van der Waals surface area contributed by atoms with Gasteiger partial charge in [-0.1, -0.05) is 47.5 Å². The van der Waals surface area contributed by atoms with E-state index >= 15 is 0 Å². The molecule has 0 bridgehead atoms. The molecule has 1 aliphatic heterocycles. The Hall–Kier alpha value is -2.23. The summed E-state index contributed by atoms with van der Waals surface area (Å²) in [6.45, 7) is 1.13. The van der Waals surface area contributed by atoms with Crippen molar-refractivity contribution in [2.24, 2.45) is 0 Å². The second-order valence-corrected chi connectivity index (χ2v) is 9.31. The number of halogens is 2. The van der Waals surface area contributed by atoms with Gasteiger partial charge in [-0.2, -0.15) is 4.31 Å². The predicted molar refractivity (Wildman–Crippen MR) is 116 cm³/mol. The van der Waals surface area contributed by atoms with Crippen LogP contribution in [0.2, 0.25) is 10.2 Å². The average molecular weight is 466 g/mol. The van der Waals surface area contributed by atoms with Gasteiger partial charge in [-0.05, 0) is 29.7 Å². The summed E-state index contributed by atoms with van der Waals surface area (Å²) in [5, 5.41) is 4.46. The molecule has 156 valence electrons.